The summed E-state index contributed by atoms with van der Waals surface area (Å²) in [5.41, 5.74) is -1.90. The van der Waals surface area contributed by atoms with Crippen molar-refractivity contribution in [2.24, 2.45) is 0 Å². The highest BCUT2D eigenvalue weighted by molar-refractivity contribution is 4.87. The Labute approximate surface area is 86.7 Å². The van der Waals surface area contributed by atoms with Gasteiger partial charge >= 0.3 is 0 Å². The van der Waals surface area contributed by atoms with Crippen LogP contribution in [0.5, 0.6) is 0 Å². The minimum atomic E-state index is -0.951. The van der Waals surface area contributed by atoms with Crippen LogP contribution in [0.2, 0.25) is 0 Å². The Hall–Kier alpha value is -0.120. The first-order chi connectivity index (χ1) is 6.23. The predicted molar refractivity (Wildman–Crippen MR) is 56.7 cm³/mol. The van der Waals surface area contributed by atoms with Crippen LogP contribution in [0.1, 0.15) is 53.4 Å². The van der Waals surface area contributed by atoms with Crippen molar-refractivity contribution in [3.05, 3.63) is 0 Å². The first-order valence-corrected chi connectivity index (χ1v) is 5.47. The van der Waals surface area contributed by atoms with Crippen molar-refractivity contribution in [1.29, 1.82) is 0 Å². The zero-order chi connectivity index (χ0) is 11.0. The fourth-order valence-corrected chi connectivity index (χ4v) is 2.73. The van der Waals surface area contributed by atoms with Gasteiger partial charge in [-0.2, -0.15) is 0 Å². The largest absolute Gasteiger partial charge is 0.376 e. The van der Waals surface area contributed by atoms with Crippen molar-refractivity contribution < 1.29 is 10.2 Å². The fraction of sp³-hybridized carbons (Fsp3) is 1.00. The molecule has 1 saturated carbocycles. The van der Waals surface area contributed by atoms with Crippen molar-refractivity contribution >= 4 is 0 Å². The Bertz CT molecular complexity index is 170. The van der Waals surface area contributed by atoms with Gasteiger partial charge in [-0.25, -0.2) is 4.90 Å². The van der Waals surface area contributed by atoms with Crippen LogP contribution < -0.4 is 0 Å². The molecule has 1 aliphatic carbocycles. The van der Waals surface area contributed by atoms with Gasteiger partial charge in [0.2, 0.25) is 0 Å². The Balaban J connectivity index is 2.82. The van der Waals surface area contributed by atoms with Gasteiger partial charge in [0.1, 0.15) is 11.4 Å². The van der Waals surface area contributed by atoms with Gasteiger partial charge in [0.25, 0.3) is 0 Å². The van der Waals surface area contributed by atoms with Gasteiger partial charge < -0.3 is 10.2 Å². The van der Waals surface area contributed by atoms with E-state index in [0.717, 1.165) is 12.8 Å². The van der Waals surface area contributed by atoms with Gasteiger partial charge in [-0.15, -0.1) is 0 Å². The van der Waals surface area contributed by atoms with Gasteiger partial charge in [-0.05, 0) is 40.5 Å². The molecule has 0 spiro atoms. The molecule has 0 aliphatic heterocycles. The summed E-state index contributed by atoms with van der Waals surface area (Å²) in [7, 11) is 0. The van der Waals surface area contributed by atoms with E-state index in [9.17, 15) is 10.2 Å². The standard InChI is InChI=1S/C11H23NO2/c1-10(2,13)12(11(3,4)14)9-7-5-6-8-9/h9,13-14H,5-8H2,1-4H3. The van der Waals surface area contributed by atoms with Crippen LogP contribution in [0.3, 0.4) is 0 Å². The molecule has 0 unspecified atom stereocenters. The van der Waals surface area contributed by atoms with E-state index in [0.29, 0.717) is 6.04 Å². The fourth-order valence-electron chi connectivity index (χ4n) is 2.73. The molecular formula is C11H23NO2. The van der Waals surface area contributed by atoms with Crippen LogP contribution in [0, 0.1) is 0 Å². The molecular weight excluding hydrogens is 178 g/mol. The van der Waals surface area contributed by atoms with Crippen molar-refractivity contribution in [3.8, 4) is 0 Å². The quantitative estimate of drug-likeness (QED) is 0.683. The zero-order valence-electron chi connectivity index (χ0n) is 9.75. The molecule has 0 aromatic rings. The molecule has 84 valence electrons. The third-order valence-electron chi connectivity index (χ3n) is 2.87. The van der Waals surface area contributed by atoms with Crippen molar-refractivity contribution in [3.63, 3.8) is 0 Å². The molecule has 1 fully saturated rings. The van der Waals surface area contributed by atoms with E-state index in [-0.39, 0.29) is 0 Å². The summed E-state index contributed by atoms with van der Waals surface area (Å²) in [5.74, 6) is 0. The lowest BCUT2D eigenvalue weighted by atomic mass is 10.1. The second-order valence-electron chi connectivity index (χ2n) is 5.30. The number of rotatable bonds is 3. The maximum Gasteiger partial charge on any atom is 0.115 e. The summed E-state index contributed by atoms with van der Waals surface area (Å²) >= 11 is 0. The molecule has 0 atom stereocenters. The smallest absolute Gasteiger partial charge is 0.115 e. The van der Waals surface area contributed by atoms with Crippen LogP contribution in [-0.2, 0) is 0 Å². The van der Waals surface area contributed by atoms with Crippen LogP contribution in [0.15, 0.2) is 0 Å². The highest BCUT2D eigenvalue weighted by atomic mass is 16.3. The van der Waals surface area contributed by atoms with Crippen LogP contribution in [0.25, 0.3) is 0 Å². The van der Waals surface area contributed by atoms with Crippen LogP contribution in [-0.4, -0.2) is 32.6 Å². The van der Waals surface area contributed by atoms with Crippen molar-refractivity contribution in [2.45, 2.75) is 70.9 Å². The van der Waals surface area contributed by atoms with E-state index < -0.39 is 11.4 Å². The Morgan fingerprint density at radius 2 is 1.29 bits per heavy atom. The summed E-state index contributed by atoms with van der Waals surface area (Å²) in [6, 6.07) is 0.315. The van der Waals surface area contributed by atoms with Gasteiger partial charge in [0.15, 0.2) is 0 Å². The highest BCUT2D eigenvalue weighted by Gasteiger charge is 2.40. The third kappa shape index (κ3) is 2.69. The van der Waals surface area contributed by atoms with Gasteiger partial charge in [-0.1, -0.05) is 12.8 Å². The molecule has 0 bridgehead atoms. The van der Waals surface area contributed by atoms with E-state index in [1.165, 1.54) is 12.8 Å². The molecule has 2 N–H and O–H groups in total. The zero-order valence-corrected chi connectivity index (χ0v) is 9.75. The summed E-state index contributed by atoms with van der Waals surface area (Å²) < 4.78 is 0. The molecule has 0 saturated heterocycles. The monoisotopic (exact) mass is 201 g/mol. The van der Waals surface area contributed by atoms with Crippen LogP contribution in [0.4, 0.5) is 0 Å². The molecule has 0 aromatic carbocycles. The van der Waals surface area contributed by atoms with E-state index in [2.05, 4.69) is 0 Å². The average Bonchev–Trinajstić information content (AvgIpc) is 2.31. The second-order valence-corrected chi connectivity index (χ2v) is 5.30. The number of hydrogen-bond donors (Lipinski definition) is 2. The number of hydrogen-bond acceptors (Lipinski definition) is 3. The lowest BCUT2D eigenvalue weighted by Gasteiger charge is -2.46. The van der Waals surface area contributed by atoms with Gasteiger partial charge in [-0.3, -0.25) is 0 Å². The van der Waals surface area contributed by atoms with Crippen LogP contribution >= 0.6 is 0 Å². The maximum atomic E-state index is 10.0. The maximum absolute atomic E-state index is 10.0. The summed E-state index contributed by atoms with van der Waals surface area (Å²) in [6.07, 6.45) is 4.56. The molecule has 0 aromatic heterocycles. The summed E-state index contributed by atoms with van der Waals surface area (Å²) in [4.78, 5) is 1.83. The minimum absolute atomic E-state index is 0.315. The predicted octanol–water partition coefficient (Wildman–Crippen LogP) is 1.69. The number of nitrogens with zero attached hydrogens (tertiary/aromatic N) is 1. The van der Waals surface area contributed by atoms with E-state index in [4.69, 9.17) is 0 Å². The van der Waals surface area contributed by atoms with Crippen molar-refractivity contribution in [1.82, 2.24) is 4.90 Å². The SMILES string of the molecule is CC(C)(O)N(C1CCCC1)C(C)(C)O. The highest BCUT2D eigenvalue weighted by Crippen LogP contribution is 2.33. The molecule has 0 amide bonds. The average molecular weight is 201 g/mol. The lowest BCUT2D eigenvalue weighted by Crippen LogP contribution is -2.59. The normalized spacial score (nSPS) is 20.8. The Kier molecular flexibility index (Phi) is 3.24. The minimum Gasteiger partial charge on any atom is -0.376 e. The second kappa shape index (κ2) is 3.80. The summed E-state index contributed by atoms with van der Waals surface area (Å²) in [6.45, 7) is 6.96. The first-order valence-electron chi connectivity index (χ1n) is 5.47. The topological polar surface area (TPSA) is 43.7 Å². The van der Waals surface area contributed by atoms with Gasteiger partial charge in [0, 0.05) is 6.04 Å². The Morgan fingerprint density at radius 1 is 0.929 bits per heavy atom. The van der Waals surface area contributed by atoms with Gasteiger partial charge in [0.05, 0.1) is 0 Å². The summed E-state index contributed by atoms with van der Waals surface area (Å²) in [5, 5.41) is 20.1. The molecule has 3 nitrogen and oxygen atoms in total. The lowest BCUT2D eigenvalue weighted by molar-refractivity contribution is -0.218. The molecule has 3 heteroatoms. The molecule has 1 aliphatic rings. The number of aliphatic hydroxyl groups is 2. The third-order valence-corrected chi connectivity index (χ3v) is 2.87. The van der Waals surface area contributed by atoms with E-state index in [1.54, 1.807) is 27.7 Å². The molecule has 0 heterocycles. The first kappa shape index (κ1) is 12.0. The molecule has 14 heavy (non-hydrogen) atoms. The molecule has 1 rings (SSSR count). The van der Waals surface area contributed by atoms with Crippen molar-refractivity contribution in [2.75, 3.05) is 0 Å². The Morgan fingerprint density at radius 3 is 1.57 bits per heavy atom. The van der Waals surface area contributed by atoms with E-state index in [1.807, 2.05) is 4.90 Å². The van der Waals surface area contributed by atoms with E-state index >= 15 is 0 Å². The molecule has 0 radical (unpaired) electrons.